The van der Waals surface area contributed by atoms with Crippen molar-refractivity contribution >= 4 is 15.9 Å². The van der Waals surface area contributed by atoms with Gasteiger partial charge in [0.15, 0.2) is 0 Å². The SMILES string of the molecule is Cc1ccc(S(=O)(=O)NC2CC2)cc1C(=O)NC(c1cccc(F)c1)c1nccn1C. The van der Waals surface area contributed by atoms with Crippen molar-refractivity contribution in [3.63, 3.8) is 0 Å². The van der Waals surface area contributed by atoms with Crippen LogP contribution in [0, 0.1) is 12.7 Å². The molecule has 0 spiro atoms. The minimum Gasteiger partial charge on any atom is -0.338 e. The number of halogens is 1. The number of carbonyl (C=O) groups is 1. The third-order valence-corrected chi connectivity index (χ3v) is 6.76. The molecule has 7 nitrogen and oxygen atoms in total. The Bertz CT molecular complexity index is 1240. The number of benzene rings is 2. The zero-order chi connectivity index (χ0) is 22.2. The lowest BCUT2D eigenvalue weighted by molar-refractivity contribution is 0.0940. The molecule has 0 saturated heterocycles. The minimum absolute atomic E-state index is 0.0365. The van der Waals surface area contributed by atoms with Crippen LogP contribution in [0.15, 0.2) is 59.8 Å². The van der Waals surface area contributed by atoms with Gasteiger partial charge in [0.2, 0.25) is 10.0 Å². The average Bonchev–Trinajstić information content (AvgIpc) is 3.42. The van der Waals surface area contributed by atoms with E-state index >= 15 is 0 Å². The summed E-state index contributed by atoms with van der Waals surface area (Å²) in [6.07, 6.45) is 4.96. The number of imidazole rings is 1. The number of rotatable bonds is 7. The molecule has 1 atom stereocenters. The number of nitrogens with one attached hydrogen (secondary N) is 2. The highest BCUT2D eigenvalue weighted by atomic mass is 32.2. The lowest BCUT2D eigenvalue weighted by atomic mass is 10.0. The Morgan fingerprint density at radius 1 is 1.23 bits per heavy atom. The van der Waals surface area contributed by atoms with Crippen LogP contribution in [0.25, 0.3) is 0 Å². The lowest BCUT2D eigenvalue weighted by Gasteiger charge is -2.20. The Kier molecular flexibility index (Phi) is 5.63. The van der Waals surface area contributed by atoms with Gasteiger partial charge in [-0.1, -0.05) is 18.2 Å². The van der Waals surface area contributed by atoms with Crippen molar-refractivity contribution in [2.75, 3.05) is 0 Å². The van der Waals surface area contributed by atoms with E-state index in [1.807, 2.05) is 0 Å². The third kappa shape index (κ3) is 4.67. The van der Waals surface area contributed by atoms with Gasteiger partial charge in [-0.3, -0.25) is 4.79 Å². The summed E-state index contributed by atoms with van der Waals surface area (Å²) in [6.45, 7) is 1.73. The number of sulfonamides is 1. The summed E-state index contributed by atoms with van der Waals surface area (Å²) in [7, 11) is -1.92. The fourth-order valence-corrected chi connectivity index (χ4v) is 4.68. The summed E-state index contributed by atoms with van der Waals surface area (Å²) in [5, 5.41) is 2.89. The van der Waals surface area contributed by atoms with Gasteiger partial charge in [0.05, 0.1) is 4.90 Å². The quantitative estimate of drug-likeness (QED) is 0.589. The molecule has 1 fully saturated rings. The molecule has 3 aromatic rings. The molecule has 0 aliphatic heterocycles. The molecular weight excluding hydrogens is 419 g/mol. The van der Waals surface area contributed by atoms with Crippen molar-refractivity contribution in [1.29, 1.82) is 0 Å². The number of amides is 1. The first-order valence-electron chi connectivity index (χ1n) is 9.91. The van der Waals surface area contributed by atoms with E-state index in [1.54, 1.807) is 49.1 Å². The molecule has 9 heteroatoms. The van der Waals surface area contributed by atoms with Crippen LogP contribution in [0.5, 0.6) is 0 Å². The Hall–Kier alpha value is -3.04. The average molecular weight is 443 g/mol. The van der Waals surface area contributed by atoms with Gasteiger partial charge >= 0.3 is 0 Å². The largest absolute Gasteiger partial charge is 0.338 e. The van der Waals surface area contributed by atoms with Gasteiger partial charge in [-0.15, -0.1) is 0 Å². The maximum atomic E-state index is 13.9. The molecule has 162 valence electrons. The summed E-state index contributed by atoms with van der Waals surface area (Å²) in [4.78, 5) is 17.5. The zero-order valence-corrected chi connectivity index (χ0v) is 18.0. The van der Waals surface area contributed by atoms with Crippen LogP contribution >= 0.6 is 0 Å². The summed E-state index contributed by atoms with van der Waals surface area (Å²) in [5.41, 5.74) is 1.38. The second-order valence-corrected chi connectivity index (χ2v) is 9.44. The van der Waals surface area contributed by atoms with Crippen molar-refractivity contribution < 1.29 is 17.6 Å². The summed E-state index contributed by atoms with van der Waals surface area (Å²) in [5.74, 6) is -0.379. The van der Waals surface area contributed by atoms with Crippen molar-refractivity contribution in [2.45, 2.75) is 36.7 Å². The minimum atomic E-state index is -3.70. The van der Waals surface area contributed by atoms with E-state index in [1.165, 1.54) is 24.3 Å². The van der Waals surface area contributed by atoms with Gasteiger partial charge in [-0.25, -0.2) is 22.5 Å². The molecule has 31 heavy (non-hydrogen) atoms. The highest BCUT2D eigenvalue weighted by molar-refractivity contribution is 7.89. The summed E-state index contributed by atoms with van der Waals surface area (Å²) in [6, 6.07) is 9.64. The first-order valence-corrected chi connectivity index (χ1v) is 11.4. The van der Waals surface area contributed by atoms with Crippen LogP contribution in [-0.2, 0) is 17.1 Å². The van der Waals surface area contributed by atoms with E-state index in [0.717, 1.165) is 12.8 Å². The molecule has 1 unspecified atom stereocenters. The number of hydrogen-bond acceptors (Lipinski definition) is 4. The fraction of sp³-hybridized carbons (Fsp3) is 0.273. The predicted octanol–water partition coefficient (Wildman–Crippen LogP) is 2.83. The lowest BCUT2D eigenvalue weighted by Crippen LogP contribution is -2.32. The van der Waals surface area contributed by atoms with E-state index in [9.17, 15) is 17.6 Å². The van der Waals surface area contributed by atoms with Crippen molar-refractivity contribution in [1.82, 2.24) is 19.6 Å². The van der Waals surface area contributed by atoms with Gasteiger partial charge in [-0.2, -0.15) is 0 Å². The van der Waals surface area contributed by atoms with Crippen LogP contribution in [0.3, 0.4) is 0 Å². The fourth-order valence-electron chi connectivity index (χ4n) is 3.35. The smallest absolute Gasteiger partial charge is 0.252 e. The molecule has 1 aliphatic rings. The van der Waals surface area contributed by atoms with Crippen LogP contribution in [0.1, 0.15) is 46.2 Å². The number of aromatic nitrogens is 2. The molecule has 2 N–H and O–H groups in total. The second-order valence-electron chi connectivity index (χ2n) is 7.73. The maximum absolute atomic E-state index is 13.9. The molecule has 1 heterocycles. The Labute approximate surface area is 180 Å². The number of nitrogens with zero attached hydrogens (tertiary/aromatic N) is 2. The number of aryl methyl sites for hydroxylation is 2. The first kappa shape index (κ1) is 21.2. The normalized spacial score (nSPS) is 14.9. The third-order valence-electron chi connectivity index (χ3n) is 5.24. The van der Waals surface area contributed by atoms with E-state index in [0.29, 0.717) is 17.0 Å². The van der Waals surface area contributed by atoms with Crippen LogP contribution in [0.2, 0.25) is 0 Å². The van der Waals surface area contributed by atoms with Crippen molar-refractivity contribution in [2.24, 2.45) is 7.05 Å². The van der Waals surface area contributed by atoms with Gasteiger partial charge in [-0.05, 0) is 55.2 Å². The molecule has 2 aromatic carbocycles. The molecular formula is C22H23FN4O3S. The van der Waals surface area contributed by atoms with Crippen LogP contribution in [-0.4, -0.2) is 29.9 Å². The summed E-state index contributed by atoms with van der Waals surface area (Å²) >= 11 is 0. The second kappa shape index (κ2) is 8.24. The monoisotopic (exact) mass is 442 g/mol. The highest BCUT2D eigenvalue weighted by Crippen LogP contribution is 2.25. The highest BCUT2D eigenvalue weighted by Gasteiger charge is 2.29. The van der Waals surface area contributed by atoms with Gasteiger partial charge in [0, 0.05) is 31.0 Å². The topological polar surface area (TPSA) is 93.1 Å². The maximum Gasteiger partial charge on any atom is 0.252 e. The number of hydrogen-bond donors (Lipinski definition) is 2. The van der Waals surface area contributed by atoms with Crippen molar-refractivity contribution in [3.05, 3.63) is 83.2 Å². The van der Waals surface area contributed by atoms with Gasteiger partial charge in [0.25, 0.3) is 5.91 Å². The Morgan fingerprint density at radius 3 is 2.65 bits per heavy atom. The van der Waals surface area contributed by atoms with E-state index < -0.39 is 27.8 Å². The van der Waals surface area contributed by atoms with Crippen LogP contribution in [0.4, 0.5) is 4.39 Å². The van der Waals surface area contributed by atoms with Gasteiger partial charge < -0.3 is 9.88 Å². The Balaban J connectivity index is 1.67. The van der Waals surface area contributed by atoms with E-state index in [4.69, 9.17) is 0 Å². The molecule has 1 aromatic heterocycles. The van der Waals surface area contributed by atoms with Crippen molar-refractivity contribution in [3.8, 4) is 0 Å². The van der Waals surface area contributed by atoms with Gasteiger partial charge in [0.1, 0.15) is 17.7 Å². The molecule has 1 amide bonds. The molecule has 4 rings (SSSR count). The summed E-state index contributed by atoms with van der Waals surface area (Å²) < 4.78 is 43.4. The van der Waals surface area contributed by atoms with Crippen LogP contribution < -0.4 is 10.0 Å². The molecule has 1 aliphatic carbocycles. The predicted molar refractivity (Wildman–Crippen MR) is 113 cm³/mol. The molecule has 0 bridgehead atoms. The first-order chi connectivity index (χ1) is 14.7. The molecule has 0 radical (unpaired) electrons. The number of carbonyl (C=O) groups excluding carboxylic acids is 1. The zero-order valence-electron chi connectivity index (χ0n) is 17.2. The molecule has 1 saturated carbocycles. The Morgan fingerprint density at radius 2 is 2.00 bits per heavy atom. The van der Waals surface area contributed by atoms with E-state index in [2.05, 4.69) is 15.0 Å². The van der Waals surface area contributed by atoms with E-state index in [-0.39, 0.29) is 16.5 Å². The standard InChI is InChI=1S/C22H23FN4O3S/c1-14-6-9-18(31(29,30)26-17-7-8-17)13-19(14)22(28)25-20(21-24-10-11-27(21)2)15-4-3-5-16(23)12-15/h3-6,9-13,17,20,26H,7-8H2,1-2H3,(H,25,28).